The molecule has 17 valence electrons. The van der Waals surface area contributed by atoms with Crippen molar-refractivity contribution in [2.75, 3.05) is 0 Å². The van der Waals surface area contributed by atoms with Gasteiger partial charge in [0.25, 0.3) is 0 Å². The quantitative estimate of drug-likeness (QED) is 0.401. The smallest absolute Gasteiger partial charge is 0 e. The second kappa shape index (κ2) is 17.0. The Labute approximate surface area is 92.7 Å². The van der Waals surface area contributed by atoms with Gasteiger partial charge in [-0.25, -0.2) is 0 Å². The Hall–Kier alpha value is 2.80. The standard InChI is InChI=1S/K.H2O.V.Zn.H/h;1H2;;;. The maximum absolute atomic E-state index is 0. The molecular formula is H3KOVZn. The minimum atomic E-state index is 0. The van der Waals surface area contributed by atoms with Gasteiger partial charge < -0.3 is 5.48 Å². The number of hydrogen-bond acceptors (Lipinski definition) is 0. The number of rotatable bonds is 0. The Morgan fingerprint density at radius 2 is 1.00 bits per heavy atom. The summed E-state index contributed by atoms with van der Waals surface area (Å²) in [6.45, 7) is 0. The molecule has 0 aliphatic heterocycles. The van der Waals surface area contributed by atoms with Gasteiger partial charge in [0, 0.05) is 38.0 Å². The van der Waals surface area contributed by atoms with Crippen LogP contribution in [0.1, 0.15) is 0 Å². The summed E-state index contributed by atoms with van der Waals surface area (Å²) in [4.78, 5) is 0. The van der Waals surface area contributed by atoms with Crippen molar-refractivity contribution in [3.63, 3.8) is 0 Å². The number of hydrogen-bond donors (Lipinski definition) is 0. The van der Waals surface area contributed by atoms with E-state index >= 15 is 0 Å². The summed E-state index contributed by atoms with van der Waals surface area (Å²) < 4.78 is 0. The molecule has 1 nitrogen and oxygen atoms in total. The molecule has 4 heteroatoms. The Bertz CT molecular complexity index is 8.00. The molecule has 0 fully saturated rings. The van der Waals surface area contributed by atoms with Crippen molar-refractivity contribution in [3.05, 3.63) is 0 Å². The molecule has 0 aliphatic carbocycles. The first-order chi connectivity index (χ1) is 0. The minimum Gasteiger partial charge on any atom is 0 e. The van der Waals surface area contributed by atoms with Crippen LogP contribution in [0.15, 0.2) is 0 Å². The third-order valence-electron chi connectivity index (χ3n) is 0. The topological polar surface area (TPSA) is 31.5 Å². The van der Waals surface area contributed by atoms with Crippen molar-refractivity contribution in [3.8, 4) is 0 Å². The monoisotopic (exact) mass is 173 g/mol. The van der Waals surface area contributed by atoms with E-state index in [2.05, 4.69) is 0 Å². The summed E-state index contributed by atoms with van der Waals surface area (Å²) in [5, 5.41) is 0. The zero-order valence-corrected chi connectivity index (χ0v) is 6.02. The molecule has 1 radical (unpaired) electrons. The van der Waals surface area contributed by atoms with Crippen LogP contribution < -0.4 is 0 Å². The van der Waals surface area contributed by atoms with Gasteiger partial charge in [0.05, 0.1) is 0 Å². The molecule has 0 aromatic carbocycles. The third kappa shape index (κ3) is 8.84. The van der Waals surface area contributed by atoms with Gasteiger partial charge in [-0.05, 0) is 0 Å². The van der Waals surface area contributed by atoms with Crippen molar-refractivity contribution >= 4 is 51.4 Å². The predicted molar refractivity (Wildman–Crippen MR) is 10.8 cm³/mol. The summed E-state index contributed by atoms with van der Waals surface area (Å²) in [6, 6.07) is 0. The normalized spacial score (nSPS) is 0. The third-order valence-corrected chi connectivity index (χ3v) is 0. The Morgan fingerprint density at radius 3 is 1.00 bits per heavy atom. The van der Waals surface area contributed by atoms with Crippen LogP contribution in [0.5, 0.6) is 0 Å². The first kappa shape index (κ1) is 29.2. The SMILES string of the molecule is O.[KH].[V].[Zn]. The van der Waals surface area contributed by atoms with E-state index in [1.165, 1.54) is 0 Å². The molecule has 0 bridgehead atoms. The van der Waals surface area contributed by atoms with E-state index in [1.54, 1.807) is 0 Å². The van der Waals surface area contributed by atoms with Gasteiger partial charge in [-0.3, -0.25) is 0 Å². The van der Waals surface area contributed by atoms with Crippen LogP contribution in [-0.2, 0) is 38.0 Å². The van der Waals surface area contributed by atoms with Crippen molar-refractivity contribution in [1.29, 1.82) is 0 Å². The molecular weight excluding hydrogens is 171 g/mol. The second-order valence-electron chi connectivity index (χ2n) is 0. The van der Waals surface area contributed by atoms with Gasteiger partial charge in [-0.1, -0.05) is 0 Å². The summed E-state index contributed by atoms with van der Waals surface area (Å²) in [7, 11) is 0. The first-order valence-corrected chi connectivity index (χ1v) is 0. The molecule has 0 aromatic rings. The zero-order valence-electron chi connectivity index (χ0n) is 1.65. The van der Waals surface area contributed by atoms with Crippen LogP contribution in [0.25, 0.3) is 0 Å². The molecule has 0 saturated carbocycles. The Morgan fingerprint density at radius 1 is 1.00 bits per heavy atom. The molecule has 0 saturated heterocycles. The van der Waals surface area contributed by atoms with Crippen molar-refractivity contribution in [1.82, 2.24) is 0 Å². The van der Waals surface area contributed by atoms with Gasteiger partial charge in [0.1, 0.15) is 0 Å². The summed E-state index contributed by atoms with van der Waals surface area (Å²) >= 11 is 0. The molecule has 0 aromatic heterocycles. The molecule has 2 N–H and O–H groups in total. The Kier molecular flexibility index (Phi) is 124. The van der Waals surface area contributed by atoms with Crippen LogP contribution in [-0.4, -0.2) is 56.9 Å². The van der Waals surface area contributed by atoms with E-state index < -0.39 is 0 Å². The van der Waals surface area contributed by atoms with E-state index in [0.717, 1.165) is 0 Å². The van der Waals surface area contributed by atoms with Gasteiger partial charge in [-0.2, -0.15) is 0 Å². The van der Waals surface area contributed by atoms with Gasteiger partial charge in [0.15, 0.2) is 0 Å². The fourth-order valence-corrected chi connectivity index (χ4v) is 0. The average molecular weight is 174 g/mol. The van der Waals surface area contributed by atoms with Crippen LogP contribution >= 0.6 is 0 Å². The van der Waals surface area contributed by atoms with Crippen molar-refractivity contribution in [2.45, 2.75) is 0 Å². The van der Waals surface area contributed by atoms with E-state index in [1.807, 2.05) is 0 Å². The molecule has 0 atom stereocenters. The first-order valence-electron chi connectivity index (χ1n) is 0. The molecule has 0 spiro atoms. The summed E-state index contributed by atoms with van der Waals surface area (Å²) in [5.74, 6) is 0. The van der Waals surface area contributed by atoms with Crippen LogP contribution in [0, 0.1) is 0 Å². The largest absolute Gasteiger partial charge is 0 e. The summed E-state index contributed by atoms with van der Waals surface area (Å²) in [6.07, 6.45) is 0. The summed E-state index contributed by atoms with van der Waals surface area (Å²) in [5.41, 5.74) is 0. The maximum Gasteiger partial charge on any atom is 0 e. The van der Waals surface area contributed by atoms with Crippen LogP contribution in [0.4, 0.5) is 0 Å². The van der Waals surface area contributed by atoms with Crippen LogP contribution in [0.3, 0.4) is 0 Å². The van der Waals surface area contributed by atoms with Gasteiger partial charge in [0.2, 0.25) is 0 Å². The van der Waals surface area contributed by atoms with Crippen LogP contribution in [0.2, 0.25) is 0 Å². The predicted octanol–water partition coefficient (Wildman–Crippen LogP) is -1.48. The molecule has 0 aliphatic rings. The minimum absolute atomic E-state index is 0. The van der Waals surface area contributed by atoms with E-state index in [-0.39, 0.29) is 94.9 Å². The van der Waals surface area contributed by atoms with E-state index in [4.69, 9.17) is 0 Å². The van der Waals surface area contributed by atoms with Crippen molar-refractivity contribution < 1.29 is 43.5 Å². The molecule has 0 heterocycles. The molecule has 0 amide bonds. The fraction of sp³-hybridized carbons (Fsp3) is 0. The molecule has 0 rings (SSSR count). The van der Waals surface area contributed by atoms with E-state index in [9.17, 15) is 0 Å². The fourth-order valence-electron chi connectivity index (χ4n) is 0. The molecule has 4 heavy (non-hydrogen) atoms. The van der Waals surface area contributed by atoms with Gasteiger partial charge >= 0.3 is 51.4 Å². The van der Waals surface area contributed by atoms with Gasteiger partial charge in [-0.15, -0.1) is 0 Å². The Balaban J connectivity index is 0. The second-order valence-corrected chi connectivity index (χ2v) is 0. The van der Waals surface area contributed by atoms with E-state index in [0.29, 0.717) is 0 Å². The average Bonchev–Trinajstić information content (AvgIpc) is 0. The zero-order chi connectivity index (χ0) is 0. The maximum atomic E-state index is 0. The molecule has 0 unspecified atom stereocenters. The van der Waals surface area contributed by atoms with Crippen molar-refractivity contribution in [2.24, 2.45) is 0 Å².